The number of hydrogen-bond acceptors (Lipinski definition) is 1. The molecule has 1 aliphatic rings. The molecule has 0 heterocycles. The van der Waals surface area contributed by atoms with E-state index in [1.807, 2.05) is 0 Å². The molecular formula is C16H22FNO. The fourth-order valence-electron chi connectivity index (χ4n) is 2.88. The highest BCUT2D eigenvalue weighted by Crippen LogP contribution is 2.35. The fourth-order valence-corrected chi connectivity index (χ4v) is 2.88. The molecule has 2 nitrogen and oxygen atoms in total. The molecule has 3 heteroatoms. The Kier molecular flexibility index (Phi) is 3.93. The van der Waals surface area contributed by atoms with Crippen LogP contribution in [0.1, 0.15) is 55.5 Å². The highest BCUT2D eigenvalue weighted by atomic mass is 19.1. The molecule has 1 aromatic rings. The van der Waals surface area contributed by atoms with Crippen LogP contribution >= 0.6 is 0 Å². The summed E-state index contributed by atoms with van der Waals surface area (Å²) in [7, 11) is 0. The van der Waals surface area contributed by atoms with Crippen molar-refractivity contribution in [2.45, 2.75) is 52.5 Å². The third-order valence-electron chi connectivity index (χ3n) is 4.25. The lowest BCUT2D eigenvalue weighted by Gasteiger charge is -2.39. The second kappa shape index (κ2) is 5.32. The van der Waals surface area contributed by atoms with Crippen LogP contribution in [0.5, 0.6) is 0 Å². The average Bonchev–Trinajstić information content (AvgIpc) is 2.31. The molecule has 1 N–H and O–H groups in total. The zero-order valence-electron chi connectivity index (χ0n) is 11.9. The van der Waals surface area contributed by atoms with Gasteiger partial charge in [0.05, 0.1) is 0 Å². The molecule has 19 heavy (non-hydrogen) atoms. The molecular weight excluding hydrogens is 241 g/mol. The van der Waals surface area contributed by atoms with Crippen molar-refractivity contribution in [1.82, 2.24) is 5.32 Å². The van der Waals surface area contributed by atoms with Gasteiger partial charge in [0.2, 0.25) is 0 Å². The minimum absolute atomic E-state index is 0.0857. The number of hydrogen-bond donors (Lipinski definition) is 1. The van der Waals surface area contributed by atoms with Crippen LogP contribution < -0.4 is 5.32 Å². The second-order valence-corrected chi connectivity index (χ2v) is 6.22. The Morgan fingerprint density at radius 3 is 2.74 bits per heavy atom. The highest BCUT2D eigenvalue weighted by molar-refractivity contribution is 5.95. The summed E-state index contributed by atoms with van der Waals surface area (Å²) in [5.74, 6) is -0.385. The lowest BCUT2D eigenvalue weighted by Crippen LogP contribution is -2.46. The van der Waals surface area contributed by atoms with Crippen LogP contribution in [0.15, 0.2) is 18.2 Å². The van der Waals surface area contributed by atoms with E-state index in [1.165, 1.54) is 18.6 Å². The fraction of sp³-hybridized carbons (Fsp3) is 0.562. The summed E-state index contributed by atoms with van der Waals surface area (Å²) in [4.78, 5) is 12.3. The van der Waals surface area contributed by atoms with Gasteiger partial charge in [-0.05, 0) is 48.9 Å². The first-order valence-corrected chi connectivity index (χ1v) is 6.97. The maximum absolute atomic E-state index is 13.1. The molecule has 0 radical (unpaired) electrons. The van der Waals surface area contributed by atoms with E-state index in [2.05, 4.69) is 19.2 Å². The van der Waals surface area contributed by atoms with Crippen LogP contribution in [0.2, 0.25) is 0 Å². The molecule has 104 valence electrons. The molecule has 0 aromatic heterocycles. The molecule has 1 aliphatic carbocycles. The zero-order chi connectivity index (χ0) is 14.0. The number of rotatable bonds is 2. The lowest BCUT2D eigenvalue weighted by atomic mass is 9.73. The Labute approximate surface area is 114 Å². The summed E-state index contributed by atoms with van der Waals surface area (Å²) in [6, 6.07) is 4.52. The molecule has 0 saturated heterocycles. The number of benzene rings is 1. The van der Waals surface area contributed by atoms with E-state index < -0.39 is 0 Å². The van der Waals surface area contributed by atoms with Gasteiger partial charge in [-0.15, -0.1) is 0 Å². The van der Waals surface area contributed by atoms with Gasteiger partial charge < -0.3 is 5.32 Å². The van der Waals surface area contributed by atoms with E-state index in [9.17, 15) is 9.18 Å². The third-order valence-corrected chi connectivity index (χ3v) is 4.25. The monoisotopic (exact) mass is 263 g/mol. The predicted octanol–water partition coefficient (Wildman–Crippen LogP) is 3.83. The van der Waals surface area contributed by atoms with E-state index in [0.717, 1.165) is 19.3 Å². The standard InChI is InChI=1S/C16H22FNO/c1-11-10-12(17)7-8-13(11)15(19)18-14-6-4-5-9-16(14,2)3/h7-8,10,14H,4-6,9H2,1-3H3,(H,18,19). The Morgan fingerprint density at radius 1 is 1.37 bits per heavy atom. The molecule has 1 unspecified atom stereocenters. The summed E-state index contributed by atoms with van der Waals surface area (Å²) >= 11 is 0. The number of carbonyl (C=O) groups is 1. The number of halogens is 1. The van der Waals surface area contributed by atoms with E-state index >= 15 is 0 Å². The van der Waals surface area contributed by atoms with Crippen LogP contribution in [0.4, 0.5) is 4.39 Å². The Morgan fingerprint density at radius 2 is 2.11 bits per heavy atom. The predicted molar refractivity (Wildman–Crippen MR) is 74.6 cm³/mol. The summed E-state index contributed by atoms with van der Waals surface area (Å²) in [6.07, 6.45) is 4.56. The zero-order valence-corrected chi connectivity index (χ0v) is 11.9. The van der Waals surface area contributed by atoms with E-state index in [-0.39, 0.29) is 23.2 Å². The van der Waals surface area contributed by atoms with E-state index in [0.29, 0.717) is 11.1 Å². The quantitative estimate of drug-likeness (QED) is 0.863. The minimum atomic E-state index is -0.299. The first-order valence-electron chi connectivity index (χ1n) is 6.97. The molecule has 2 rings (SSSR count). The van der Waals surface area contributed by atoms with Gasteiger partial charge in [-0.25, -0.2) is 4.39 Å². The molecule has 0 aliphatic heterocycles. The van der Waals surface area contributed by atoms with Crippen LogP contribution in [-0.2, 0) is 0 Å². The molecule has 1 saturated carbocycles. The van der Waals surface area contributed by atoms with Gasteiger partial charge in [-0.1, -0.05) is 26.7 Å². The maximum atomic E-state index is 13.1. The largest absolute Gasteiger partial charge is 0.349 e. The van der Waals surface area contributed by atoms with Crippen molar-refractivity contribution in [3.05, 3.63) is 35.1 Å². The maximum Gasteiger partial charge on any atom is 0.251 e. The third kappa shape index (κ3) is 3.14. The van der Waals surface area contributed by atoms with Crippen molar-refractivity contribution in [2.24, 2.45) is 5.41 Å². The Balaban J connectivity index is 2.12. The summed E-state index contributed by atoms with van der Waals surface area (Å²) in [5, 5.41) is 3.12. The van der Waals surface area contributed by atoms with Gasteiger partial charge in [-0.2, -0.15) is 0 Å². The van der Waals surface area contributed by atoms with Gasteiger partial charge in [0.25, 0.3) is 5.91 Å². The van der Waals surface area contributed by atoms with Crippen molar-refractivity contribution >= 4 is 5.91 Å². The molecule has 1 fully saturated rings. The van der Waals surface area contributed by atoms with Crippen molar-refractivity contribution in [2.75, 3.05) is 0 Å². The van der Waals surface area contributed by atoms with Crippen LogP contribution in [0.25, 0.3) is 0 Å². The summed E-state index contributed by atoms with van der Waals surface area (Å²) < 4.78 is 13.1. The summed E-state index contributed by atoms with van der Waals surface area (Å²) in [5.41, 5.74) is 1.40. The van der Waals surface area contributed by atoms with Gasteiger partial charge >= 0.3 is 0 Å². The normalized spacial score (nSPS) is 22.0. The number of aryl methyl sites for hydroxylation is 1. The lowest BCUT2D eigenvalue weighted by molar-refractivity contribution is 0.0853. The van der Waals surface area contributed by atoms with Gasteiger partial charge in [-0.3, -0.25) is 4.79 Å². The van der Waals surface area contributed by atoms with Crippen LogP contribution in [0.3, 0.4) is 0 Å². The van der Waals surface area contributed by atoms with Crippen molar-refractivity contribution < 1.29 is 9.18 Å². The van der Waals surface area contributed by atoms with Gasteiger partial charge in [0.1, 0.15) is 5.82 Å². The van der Waals surface area contributed by atoms with Crippen molar-refractivity contribution in [3.8, 4) is 0 Å². The van der Waals surface area contributed by atoms with Crippen LogP contribution in [-0.4, -0.2) is 11.9 Å². The Bertz CT molecular complexity index is 482. The highest BCUT2D eigenvalue weighted by Gasteiger charge is 2.33. The number of carbonyl (C=O) groups excluding carboxylic acids is 1. The topological polar surface area (TPSA) is 29.1 Å². The molecule has 1 amide bonds. The number of nitrogens with one attached hydrogen (secondary N) is 1. The number of amides is 1. The second-order valence-electron chi connectivity index (χ2n) is 6.22. The van der Waals surface area contributed by atoms with E-state index in [4.69, 9.17) is 0 Å². The Hall–Kier alpha value is -1.38. The first kappa shape index (κ1) is 14.0. The van der Waals surface area contributed by atoms with Crippen molar-refractivity contribution in [3.63, 3.8) is 0 Å². The minimum Gasteiger partial charge on any atom is -0.349 e. The SMILES string of the molecule is Cc1cc(F)ccc1C(=O)NC1CCCCC1(C)C. The van der Waals surface area contributed by atoms with E-state index in [1.54, 1.807) is 13.0 Å². The van der Waals surface area contributed by atoms with Crippen molar-refractivity contribution in [1.29, 1.82) is 0 Å². The molecule has 0 bridgehead atoms. The first-order chi connectivity index (χ1) is 8.90. The smallest absolute Gasteiger partial charge is 0.251 e. The molecule has 0 spiro atoms. The van der Waals surface area contributed by atoms with Gasteiger partial charge in [0, 0.05) is 11.6 Å². The summed E-state index contributed by atoms with van der Waals surface area (Å²) in [6.45, 7) is 6.17. The molecule has 1 atom stereocenters. The van der Waals surface area contributed by atoms with Gasteiger partial charge in [0.15, 0.2) is 0 Å². The van der Waals surface area contributed by atoms with Crippen LogP contribution in [0, 0.1) is 18.2 Å². The molecule has 1 aromatic carbocycles. The average molecular weight is 263 g/mol.